The molecule has 0 aromatic rings. The summed E-state index contributed by atoms with van der Waals surface area (Å²) in [6.07, 6.45) is 2.81. The van der Waals surface area contributed by atoms with E-state index in [0.717, 1.165) is 11.1 Å². The number of halogens is 1. The third-order valence-electron chi connectivity index (χ3n) is 1.87. The third kappa shape index (κ3) is 2.16. The van der Waals surface area contributed by atoms with Crippen LogP contribution in [0.15, 0.2) is 36.2 Å². The molecule has 0 atom stereocenters. The van der Waals surface area contributed by atoms with Crippen LogP contribution in [-0.4, -0.2) is 5.78 Å². The zero-order valence-electron chi connectivity index (χ0n) is 6.90. The predicted molar refractivity (Wildman–Crippen MR) is 46.3 cm³/mol. The minimum absolute atomic E-state index is 0.182. The van der Waals surface area contributed by atoms with Crippen molar-refractivity contribution in [3.05, 3.63) is 36.2 Å². The highest BCUT2D eigenvalue weighted by Crippen LogP contribution is 2.26. The molecule has 0 N–H and O–H groups in total. The van der Waals surface area contributed by atoms with Crippen LogP contribution in [0, 0.1) is 0 Å². The summed E-state index contributed by atoms with van der Waals surface area (Å²) in [7, 11) is 0. The lowest BCUT2D eigenvalue weighted by atomic mass is 9.89. The molecular formula is C10H11FO. The Bertz CT molecular complexity index is 274. The van der Waals surface area contributed by atoms with E-state index in [-0.39, 0.29) is 5.78 Å². The van der Waals surface area contributed by atoms with Crippen LogP contribution >= 0.6 is 0 Å². The molecule has 1 saturated carbocycles. The number of carbonyl (C=O) groups excluding carboxylic acids is 1. The van der Waals surface area contributed by atoms with Gasteiger partial charge in [0.25, 0.3) is 0 Å². The van der Waals surface area contributed by atoms with E-state index in [1.54, 1.807) is 0 Å². The van der Waals surface area contributed by atoms with Gasteiger partial charge < -0.3 is 0 Å². The van der Waals surface area contributed by atoms with Crippen LogP contribution in [0.3, 0.4) is 0 Å². The molecule has 0 unspecified atom stereocenters. The average Bonchev–Trinajstić information content (AvgIpc) is 1.94. The number of hydrogen-bond donors (Lipinski definition) is 0. The highest BCUT2D eigenvalue weighted by atomic mass is 19.1. The maximum Gasteiger partial charge on any atom is 0.137 e. The minimum atomic E-state index is -0.472. The number of Topliss-reactive ketones (excluding diaryl/α,β-unsaturated/α-hetero) is 1. The van der Waals surface area contributed by atoms with Gasteiger partial charge in [0.2, 0.25) is 0 Å². The molecule has 0 aliphatic heterocycles. The van der Waals surface area contributed by atoms with E-state index >= 15 is 0 Å². The second-order valence-corrected chi connectivity index (χ2v) is 2.94. The number of ketones is 1. The summed E-state index contributed by atoms with van der Waals surface area (Å²) in [6, 6.07) is 0. The fourth-order valence-electron chi connectivity index (χ4n) is 1.25. The summed E-state index contributed by atoms with van der Waals surface area (Å²) >= 11 is 0. The number of carbonyl (C=O) groups is 1. The lowest BCUT2D eigenvalue weighted by molar-refractivity contribution is -0.118. The second kappa shape index (κ2) is 3.48. The van der Waals surface area contributed by atoms with Gasteiger partial charge in [-0.2, -0.15) is 0 Å². The van der Waals surface area contributed by atoms with Crippen molar-refractivity contribution >= 4 is 5.78 Å². The molecule has 0 heterocycles. The molecule has 0 aromatic heterocycles. The zero-order valence-corrected chi connectivity index (χ0v) is 6.90. The lowest BCUT2D eigenvalue weighted by Crippen LogP contribution is -2.08. The molecule has 0 radical (unpaired) electrons. The highest BCUT2D eigenvalue weighted by Gasteiger charge is 2.15. The molecule has 1 nitrogen and oxygen atoms in total. The molecule has 12 heavy (non-hydrogen) atoms. The van der Waals surface area contributed by atoms with Gasteiger partial charge in [-0.05, 0) is 23.6 Å². The summed E-state index contributed by atoms with van der Waals surface area (Å²) < 4.78 is 12.4. The maximum absolute atomic E-state index is 12.4. The van der Waals surface area contributed by atoms with Crippen LogP contribution in [0.25, 0.3) is 0 Å². The molecule has 0 bridgehead atoms. The molecular weight excluding hydrogens is 155 g/mol. The summed E-state index contributed by atoms with van der Waals surface area (Å²) in [5, 5.41) is 0. The van der Waals surface area contributed by atoms with Gasteiger partial charge in [-0.3, -0.25) is 4.79 Å². The maximum atomic E-state index is 12.4. The second-order valence-electron chi connectivity index (χ2n) is 2.94. The quantitative estimate of drug-likeness (QED) is 0.585. The molecule has 0 amide bonds. The van der Waals surface area contributed by atoms with Gasteiger partial charge in [0, 0.05) is 12.8 Å². The number of hydrogen-bond acceptors (Lipinski definition) is 1. The molecule has 1 aliphatic carbocycles. The first-order valence-electron chi connectivity index (χ1n) is 3.84. The van der Waals surface area contributed by atoms with Crippen LogP contribution in [-0.2, 0) is 4.79 Å². The van der Waals surface area contributed by atoms with Crippen LogP contribution in [0.4, 0.5) is 4.39 Å². The Hall–Kier alpha value is -1.18. The third-order valence-corrected chi connectivity index (χ3v) is 1.87. The summed E-state index contributed by atoms with van der Waals surface area (Å²) in [5.41, 5.74) is 1.55. The summed E-state index contributed by atoms with van der Waals surface area (Å²) in [4.78, 5) is 10.9. The largest absolute Gasteiger partial charge is 0.299 e. The van der Waals surface area contributed by atoms with Crippen LogP contribution in [0.2, 0.25) is 0 Å². The molecule has 1 aliphatic rings. The molecule has 64 valence electrons. The van der Waals surface area contributed by atoms with E-state index < -0.39 is 5.83 Å². The molecule has 0 aromatic carbocycles. The fraction of sp³-hybridized carbons (Fsp3) is 0.300. The standard InChI is InChI=1S/C10H11FO/c1-7-5-10(12)4-3-9(7)6-8(2)11/h6H,1-5H2/b9-6-. The van der Waals surface area contributed by atoms with Gasteiger partial charge in [0.1, 0.15) is 11.6 Å². The van der Waals surface area contributed by atoms with Crippen molar-refractivity contribution in [1.82, 2.24) is 0 Å². The van der Waals surface area contributed by atoms with Crippen molar-refractivity contribution in [2.75, 3.05) is 0 Å². The van der Waals surface area contributed by atoms with E-state index in [2.05, 4.69) is 13.2 Å². The Labute approximate surface area is 71.3 Å². The topological polar surface area (TPSA) is 17.1 Å². The van der Waals surface area contributed by atoms with Crippen LogP contribution in [0.5, 0.6) is 0 Å². The number of rotatable bonds is 1. The van der Waals surface area contributed by atoms with E-state index in [9.17, 15) is 9.18 Å². The van der Waals surface area contributed by atoms with Crippen molar-refractivity contribution in [2.45, 2.75) is 19.3 Å². The Morgan fingerprint density at radius 2 is 2.17 bits per heavy atom. The van der Waals surface area contributed by atoms with E-state index in [4.69, 9.17) is 0 Å². The van der Waals surface area contributed by atoms with Gasteiger partial charge in [0.15, 0.2) is 0 Å². The van der Waals surface area contributed by atoms with Gasteiger partial charge >= 0.3 is 0 Å². The first-order valence-corrected chi connectivity index (χ1v) is 3.84. The van der Waals surface area contributed by atoms with Crippen LogP contribution < -0.4 is 0 Å². The van der Waals surface area contributed by atoms with Gasteiger partial charge in [-0.25, -0.2) is 4.39 Å². The number of allylic oxidation sites excluding steroid dienone is 4. The van der Waals surface area contributed by atoms with Gasteiger partial charge in [-0.15, -0.1) is 0 Å². The van der Waals surface area contributed by atoms with Crippen molar-refractivity contribution in [3.63, 3.8) is 0 Å². The Morgan fingerprint density at radius 3 is 2.67 bits per heavy atom. The molecule has 0 saturated heterocycles. The highest BCUT2D eigenvalue weighted by molar-refractivity contribution is 5.84. The predicted octanol–water partition coefficient (Wildman–Crippen LogP) is 2.71. The van der Waals surface area contributed by atoms with Crippen LogP contribution in [0.1, 0.15) is 19.3 Å². The molecule has 1 fully saturated rings. The average molecular weight is 166 g/mol. The van der Waals surface area contributed by atoms with Gasteiger partial charge in [-0.1, -0.05) is 13.2 Å². The van der Waals surface area contributed by atoms with Gasteiger partial charge in [0.05, 0.1) is 0 Å². The van der Waals surface area contributed by atoms with Crippen molar-refractivity contribution in [1.29, 1.82) is 0 Å². The lowest BCUT2D eigenvalue weighted by Gasteiger charge is -2.15. The summed E-state index contributed by atoms with van der Waals surface area (Å²) in [5.74, 6) is -0.290. The Morgan fingerprint density at radius 1 is 1.50 bits per heavy atom. The first-order chi connectivity index (χ1) is 5.59. The van der Waals surface area contributed by atoms with Crippen molar-refractivity contribution < 1.29 is 9.18 Å². The SMILES string of the molecule is C=C(F)/C=C1/CCC(=O)CC1=C. The smallest absolute Gasteiger partial charge is 0.137 e. The Balaban J connectivity index is 2.75. The van der Waals surface area contributed by atoms with E-state index in [1.807, 2.05) is 0 Å². The minimum Gasteiger partial charge on any atom is -0.299 e. The van der Waals surface area contributed by atoms with E-state index in [0.29, 0.717) is 19.3 Å². The first kappa shape index (κ1) is 8.91. The summed E-state index contributed by atoms with van der Waals surface area (Å²) in [6.45, 7) is 6.84. The molecule has 1 rings (SSSR count). The monoisotopic (exact) mass is 166 g/mol. The Kier molecular flexibility index (Phi) is 2.58. The van der Waals surface area contributed by atoms with Crippen molar-refractivity contribution in [2.24, 2.45) is 0 Å². The molecule has 0 spiro atoms. The molecule has 2 heteroatoms. The van der Waals surface area contributed by atoms with E-state index in [1.165, 1.54) is 6.08 Å². The zero-order chi connectivity index (χ0) is 9.14. The normalized spacial score (nSPS) is 21.6. The van der Waals surface area contributed by atoms with Crippen molar-refractivity contribution in [3.8, 4) is 0 Å². The fourth-order valence-corrected chi connectivity index (χ4v) is 1.25.